The summed E-state index contributed by atoms with van der Waals surface area (Å²) in [5.74, 6) is -0.0265. The van der Waals surface area contributed by atoms with Crippen molar-refractivity contribution in [2.45, 2.75) is 44.6 Å². The van der Waals surface area contributed by atoms with E-state index in [9.17, 15) is 8.42 Å². The highest BCUT2D eigenvalue weighted by molar-refractivity contribution is 7.89. The number of sulfonamides is 1. The molecule has 0 aromatic rings. The molecular weight excluding hydrogens is 214 g/mol. The van der Waals surface area contributed by atoms with Crippen LogP contribution in [0.1, 0.15) is 39.0 Å². The summed E-state index contributed by atoms with van der Waals surface area (Å²) in [4.78, 5) is 0. The number of nitrogens with two attached hydrogens (primary N) is 1. The van der Waals surface area contributed by atoms with Crippen molar-refractivity contribution in [3.8, 4) is 0 Å². The van der Waals surface area contributed by atoms with Gasteiger partial charge in [0.2, 0.25) is 10.0 Å². The third-order valence-electron chi connectivity index (χ3n) is 2.95. The Morgan fingerprint density at radius 2 is 1.93 bits per heavy atom. The zero-order valence-electron chi connectivity index (χ0n) is 9.04. The van der Waals surface area contributed by atoms with Crippen LogP contribution in [0.15, 0.2) is 0 Å². The number of nitrogens with one attached hydrogen (secondary N) is 2. The summed E-state index contributed by atoms with van der Waals surface area (Å²) in [5.41, 5.74) is 4.71. The van der Waals surface area contributed by atoms with Crippen molar-refractivity contribution in [2.24, 2.45) is 5.73 Å². The van der Waals surface area contributed by atoms with Gasteiger partial charge in [0.05, 0.1) is 11.3 Å². The van der Waals surface area contributed by atoms with E-state index in [0.717, 1.165) is 19.3 Å². The molecule has 0 amide bonds. The molecule has 1 saturated carbocycles. The Kier molecular flexibility index (Phi) is 3.72. The van der Waals surface area contributed by atoms with Gasteiger partial charge in [0.1, 0.15) is 5.84 Å². The van der Waals surface area contributed by atoms with Crippen molar-refractivity contribution >= 4 is 15.9 Å². The highest BCUT2D eigenvalue weighted by Crippen LogP contribution is 2.28. The molecule has 0 atom stereocenters. The topological polar surface area (TPSA) is 96.0 Å². The van der Waals surface area contributed by atoms with Crippen molar-refractivity contribution in [2.75, 3.05) is 5.75 Å². The molecule has 1 fully saturated rings. The first-order valence-electron chi connectivity index (χ1n) is 5.28. The second-order valence-corrected chi connectivity index (χ2v) is 6.07. The molecule has 0 aromatic carbocycles. The van der Waals surface area contributed by atoms with Gasteiger partial charge in [0.25, 0.3) is 0 Å². The molecule has 4 N–H and O–H groups in total. The lowest BCUT2D eigenvalue weighted by Crippen LogP contribution is -2.58. The first-order chi connectivity index (χ1) is 6.92. The maximum absolute atomic E-state index is 11.5. The molecule has 0 bridgehead atoms. The molecule has 1 aliphatic carbocycles. The molecular formula is C9H19N3O2S. The highest BCUT2D eigenvalue weighted by Gasteiger charge is 2.38. The van der Waals surface area contributed by atoms with Crippen LogP contribution in [0.25, 0.3) is 0 Å². The number of hydrogen-bond acceptors (Lipinski definition) is 3. The van der Waals surface area contributed by atoms with E-state index >= 15 is 0 Å². The van der Waals surface area contributed by atoms with Crippen LogP contribution < -0.4 is 10.5 Å². The van der Waals surface area contributed by atoms with Gasteiger partial charge in [0, 0.05) is 0 Å². The minimum atomic E-state index is -3.29. The Hall–Kier alpha value is -0.620. The minimum absolute atomic E-state index is 0.0298. The van der Waals surface area contributed by atoms with Gasteiger partial charge in [-0.1, -0.05) is 19.3 Å². The summed E-state index contributed by atoms with van der Waals surface area (Å²) < 4.78 is 25.6. The molecule has 6 heteroatoms. The van der Waals surface area contributed by atoms with Gasteiger partial charge in [-0.05, 0) is 19.8 Å². The summed E-state index contributed by atoms with van der Waals surface area (Å²) in [6.07, 6.45) is 4.21. The smallest absolute Gasteiger partial charge is 0.212 e. The van der Waals surface area contributed by atoms with E-state index in [4.69, 9.17) is 11.1 Å². The molecule has 15 heavy (non-hydrogen) atoms. The largest absolute Gasteiger partial charge is 0.386 e. The standard InChI is InChI=1S/C9H19N3O2S/c1-2-15(13,14)12-9(8(10)11)6-4-3-5-7-9/h12H,2-7H2,1H3,(H3,10,11). The Morgan fingerprint density at radius 3 is 2.33 bits per heavy atom. The average Bonchev–Trinajstić information content (AvgIpc) is 2.18. The van der Waals surface area contributed by atoms with E-state index in [2.05, 4.69) is 4.72 Å². The van der Waals surface area contributed by atoms with E-state index in [1.54, 1.807) is 6.92 Å². The second-order valence-electron chi connectivity index (χ2n) is 4.06. The number of amidine groups is 1. The molecule has 0 spiro atoms. The van der Waals surface area contributed by atoms with Gasteiger partial charge in [-0.2, -0.15) is 0 Å². The zero-order valence-corrected chi connectivity index (χ0v) is 9.86. The van der Waals surface area contributed by atoms with Crippen LogP contribution in [0.4, 0.5) is 0 Å². The maximum Gasteiger partial charge on any atom is 0.212 e. The van der Waals surface area contributed by atoms with Gasteiger partial charge in [-0.3, -0.25) is 5.41 Å². The fourth-order valence-electron chi connectivity index (χ4n) is 1.95. The monoisotopic (exact) mass is 233 g/mol. The minimum Gasteiger partial charge on any atom is -0.386 e. The predicted octanol–water partition coefficient (Wildman–Crippen LogP) is 0.565. The van der Waals surface area contributed by atoms with Gasteiger partial charge < -0.3 is 5.73 Å². The van der Waals surface area contributed by atoms with E-state index in [-0.39, 0.29) is 11.6 Å². The van der Waals surface area contributed by atoms with E-state index in [1.807, 2.05) is 0 Å². The fraction of sp³-hybridized carbons (Fsp3) is 0.889. The summed E-state index contributed by atoms with van der Waals surface area (Å²) in [5, 5.41) is 7.54. The van der Waals surface area contributed by atoms with E-state index in [1.165, 1.54) is 0 Å². The average molecular weight is 233 g/mol. The van der Waals surface area contributed by atoms with Gasteiger partial charge in [-0.25, -0.2) is 13.1 Å². The highest BCUT2D eigenvalue weighted by atomic mass is 32.2. The molecule has 0 aliphatic heterocycles. The SMILES string of the molecule is CCS(=O)(=O)NC1(C(=N)N)CCCCC1. The molecule has 0 radical (unpaired) electrons. The molecule has 88 valence electrons. The van der Waals surface area contributed by atoms with Crippen molar-refractivity contribution in [1.29, 1.82) is 5.41 Å². The Labute approximate surface area is 91.0 Å². The summed E-state index contributed by atoms with van der Waals surface area (Å²) in [7, 11) is -3.29. The van der Waals surface area contributed by atoms with Crippen LogP contribution in [-0.2, 0) is 10.0 Å². The van der Waals surface area contributed by atoms with Crippen LogP contribution in [0.2, 0.25) is 0 Å². The van der Waals surface area contributed by atoms with Crippen LogP contribution in [0, 0.1) is 5.41 Å². The maximum atomic E-state index is 11.5. The zero-order chi connectivity index (χ0) is 11.5. The summed E-state index contributed by atoms with van der Waals surface area (Å²) >= 11 is 0. The summed E-state index contributed by atoms with van der Waals surface area (Å²) in [6, 6.07) is 0. The van der Waals surface area contributed by atoms with Gasteiger partial charge in [-0.15, -0.1) is 0 Å². The molecule has 0 unspecified atom stereocenters. The lowest BCUT2D eigenvalue weighted by molar-refractivity contribution is 0.348. The van der Waals surface area contributed by atoms with Crippen molar-refractivity contribution < 1.29 is 8.42 Å². The predicted molar refractivity (Wildman–Crippen MR) is 60.3 cm³/mol. The van der Waals surface area contributed by atoms with E-state index < -0.39 is 15.6 Å². The molecule has 1 rings (SSSR count). The normalized spacial score (nSPS) is 21.1. The fourth-order valence-corrected chi connectivity index (χ4v) is 3.01. The summed E-state index contributed by atoms with van der Waals surface area (Å²) in [6.45, 7) is 1.58. The molecule has 0 aromatic heterocycles. The first-order valence-corrected chi connectivity index (χ1v) is 6.93. The van der Waals surface area contributed by atoms with Crippen LogP contribution >= 0.6 is 0 Å². The lowest BCUT2D eigenvalue weighted by atomic mass is 9.82. The first kappa shape index (κ1) is 12.4. The van der Waals surface area contributed by atoms with Crippen molar-refractivity contribution in [3.63, 3.8) is 0 Å². The molecule has 0 saturated heterocycles. The van der Waals surface area contributed by atoms with Gasteiger partial charge >= 0.3 is 0 Å². The van der Waals surface area contributed by atoms with Crippen LogP contribution in [0.3, 0.4) is 0 Å². The lowest BCUT2D eigenvalue weighted by Gasteiger charge is -2.36. The van der Waals surface area contributed by atoms with Crippen molar-refractivity contribution in [1.82, 2.24) is 4.72 Å². The Bertz CT molecular complexity index is 331. The Morgan fingerprint density at radius 1 is 1.40 bits per heavy atom. The number of hydrogen-bond donors (Lipinski definition) is 3. The third kappa shape index (κ3) is 2.92. The van der Waals surface area contributed by atoms with Crippen LogP contribution in [-0.4, -0.2) is 25.5 Å². The molecule has 0 heterocycles. The third-order valence-corrected chi connectivity index (χ3v) is 4.42. The molecule has 1 aliphatic rings. The quantitative estimate of drug-likeness (QED) is 0.489. The van der Waals surface area contributed by atoms with E-state index in [0.29, 0.717) is 12.8 Å². The molecule has 5 nitrogen and oxygen atoms in total. The van der Waals surface area contributed by atoms with Crippen molar-refractivity contribution in [3.05, 3.63) is 0 Å². The second kappa shape index (κ2) is 4.49. The van der Waals surface area contributed by atoms with Crippen LogP contribution in [0.5, 0.6) is 0 Å². The number of rotatable bonds is 4. The Balaban J connectivity index is 2.87. The van der Waals surface area contributed by atoms with Gasteiger partial charge in [0.15, 0.2) is 0 Å².